The van der Waals surface area contributed by atoms with E-state index in [1.54, 1.807) is 35.8 Å². The number of aromatic nitrogens is 3. The highest BCUT2D eigenvalue weighted by molar-refractivity contribution is 7.71. The predicted octanol–water partition coefficient (Wildman–Crippen LogP) is 3.69. The van der Waals surface area contributed by atoms with Crippen LogP contribution in [-0.4, -0.2) is 21.1 Å². The van der Waals surface area contributed by atoms with Gasteiger partial charge in [0.25, 0.3) is 0 Å². The molecule has 3 rings (SSSR count). The van der Waals surface area contributed by atoms with E-state index in [0.29, 0.717) is 16.2 Å². The summed E-state index contributed by atoms with van der Waals surface area (Å²) in [4.78, 5) is 0.979. The number of hydrogen-bond acceptors (Lipinski definition) is 4. The summed E-state index contributed by atoms with van der Waals surface area (Å²) in [5.74, 6) is -0.0185. The lowest BCUT2D eigenvalue weighted by Gasteiger charge is -2.01. The molecule has 4 nitrogen and oxygen atoms in total. The van der Waals surface area contributed by atoms with Gasteiger partial charge < -0.3 is 0 Å². The minimum atomic E-state index is -0.367. The maximum absolute atomic E-state index is 13.8. The second-order valence-corrected chi connectivity index (χ2v) is 5.27. The van der Waals surface area contributed by atoms with Crippen molar-refractivity contribution in [3.8, 4) is 11.4 Å². The normalized spacial score (nSPS) is 11.2. The van der Waals surface area contributed by atoms with E-state index in [9.17, 15) is 4.39 Å². The highest BCUT2D eigenvalue weighted by Gasteiger charge is 2.12. The summed E-state index contributed by atoms with van der Waals surface area (Å²) < 4.78 is 15.6. The first-order valence-electron chi connectivity index (χ1n) is 5.76. The topological polar surface area (TPSA) is 46.0 Å². The summed E-state index contributed by atoms with van der Waals surface area (Å²) >= 11 is 6.68. The molecule has 0 saturated carbocycles. The molecule has 0 bridgehead atoms. The maximum Gasteiger partial charge on any atom is 0.216 e. The summed E-state index contributed by atoms with van der Waals surface area (Å²) in [6.07, 6.45) is 1.67. The fraction of sp³-hybridized carbons (Fsp3) is 0. The molecule has 0 spiro atoms. The molecule has 0 atom stereocenters. The number of aromatic amines is 1. The van der Waals surface area contributed by atoms with Gasteiger partial charge in [0.2, 0.25) is 4.77 Å². The Balaban J connectivity index is 2.07. The number of hydrogen-bond donors (Lipinski definition) is 1. The number of benzene rings is 1. The summed E-state index contributed by atoms with van der Waals surface area (Å²) in [6, 6.07) is 10.2. The fourth-order valence-electron chi connectivity index (χ4n) is 1.70. The SMILES string of the molecule is Fc1ccccc1-c1n[nH]c(=S)n1N=Cc1cccs1. The quantitative estimate of drug-likeness (QED) is 0.592. The highest BCUT2D eigenvalue weighted by atomic mass is 32.1. The largest absolute Gasteiger partial charge is 0.250 e. The van der Waals surface area contributed by atoms with Crippen molar-refractivity contribution >= 4 is 29.8 Å². The zero-order chi connectivity index (χ0) is 13.9. The van der Waals surface area contributed by atoms with Crippen LogP contribution in [0.4, 0.5) is 4.39 Å². The first kappa shape index (κ1) is 12.9. The molecule has 7 heteroatoms. The zero-order valence-electron chi connectivity index (χ0n) is 10.2. The van der Waals surface area contributed by atoms with Crippen LogP contribution in [0, 0.1) is 10.6 Å². The third kappa shape index (κ3) is 2.45. The van der Waals surface area contributed by atoms with Gasteiger partial charge in [0.05, 0.1) is 11.8 Å². The molecular formula is C13H9FN4S2. The Bertz CT molecular complexity index is 802. The van der Waals surface area contributed by atoms with Crippen molar-refractivity contribution < 1.29 is 4.39 Å². The van der Waals surface area contributed by atoms with Gasteiger partial charge >= 0.3 is 0 Å². The molecule has 0 aliphatic heterocycles. The van der Waals surface area contributed by atoms with Crippen LogP contribution in [0.2, 0.25) is 0 Å². The van der Waals surface area contributed by atoms with Gasteiger partial charge in [0.1, 0.15) is 5.82 Å². The van der Waals surface area contributed by atoms with Gasteiger partial charge in [-0.25, -0.2) is 9.49 Å². The molecule has 0 aliphatic carbocycles. The van der Waals surface area contributed by atoms with Gasteiger partial charge in [-0.2, -0.15) is 14.9 Å². The smallest absolute Gasteiger partial charge is 0.216 e. The molecule has 2 heterocycles. The van der Waals surface area contributed by atoms with Crippen LogP contribution >= 0.6 is 23.6 Å². The number of halogens is 1. The summed E-state index contributed by atoms with van der Waals surface area (Å²) in [7, 11) is 0. The van der Waals surface area contributed by atoms with Gasteiger partial charge in [0, 0.05) is 4.88 Å². The predicted molar refractivity (Wildman–Crippen MR) is 80.1 cm³/mol. The Morgan fingerprint density at radius 1 is 1.30 bits per heavy atom. The minimum absolute atomic E-state index is 0.316. The summed E-state index contributed by atoms with van der Waals surface area (Å²) in [5, 5.41) is 12.9. The monoisotopic (exact) mass is 304 g/mol. The molecule has 0 aliphatic rings. The lowest BCUT2D eigenvalue weighted by Crippen LogP contribution is -1.96. The highest BCUT2D eigenvalue weighted by Crippen LogP contribution is 2.20. The number of rotatable bonds is 3. The van der Waals surface area contributed by atoms with Crippen molar-refractivity contribution in [1.29, 1.82) is 0 Å². The molecule has 3 aromatic rings. The third-order valence-corrected chi connectivity index (χ3v) is 3.68. The second kappa shape index (κ2) is 5.48. The van der Waals surface area contributed by atoms with E-state index in [0.717, 1.165) is 4.88 Å². The van der Waals surface area contributed by atoms with Gasteiger partial charge in [-0.15, -0.1) is 11.3 Å². The lowest BCUT2D eigenvalue weighted by molar-refractivity contribution is 0.628. The standard InChI is InChI=1S/C13H9FN4S2/c14-11-6-2-1-5-10(11)12-16-17-13(19)18(12)15-8-9-4-3-7-20-9/h1-8H,(H,17,19). The van der Waals surface area contributed by atoms with Crippen LogP contribution in [-0.2, 0) is 0 Å². The molecule has 0 fully saturated rings. The number of thiophene rings is 1. The average molecular weight is 304 g/mol. The molecule has 20 heavy (non-hydrogen) atoms. The van der Waals surface area contributed by atoms with E-state index in [-0.39, 0.29) is 5.82 Å². The number of nitrogens with one attached hydrogen (secondary N) is 1. The fourth-order valence-corrected chi connectivity index (χ4v) is 2.45. The minimum Gasteiger partial charge on any atom is -0.250 e. The Morgan fingerprint density at radius 2 is 2.15 bits per heavy atom. The van der Waals surface area contributed by atoms with Crippen molar-refractivity contribution in [2.45, 2.75) is 0 Å². The Labute approximate surface area is 123 Å². The molecule has 1 N–H and O–H groups in total. The van der Waals surface area contributed by atoms with E-state index in [1.165, 1.54) is 10.7 Å². The first-order valence-corrected chi connectivity index (χ1v) is 7.04. The van der Waals surface area contributed by atoms with E-state index in [2.05, 4.69) is 15.3 Å². The van der Waals surface area contributed by atoms with Gasteiger partial charge in [-0.05, 0) is 35.8 Å². The summed E-state index contributed by atoms with van der Waals surface area (Å²) in [5.41, 5.74) is 0.350. The second-order valence-electron chi connectivity index (χ2n) is 3.90. The van der Waals surface area contributed by atoms with Crippen molar-refractivity contribution in [2.75, 3.05) is 0 Å². The van der Waals surface area contributed by atoms with E-state index < -0.39 is 0 Å². The van der Waals surface area contributed by atoms with Crippen LogP contribution in [0.5, 0.6) is 0 Å². The van der Waals surface area contributed by atoms with Crippen LogP contribution in [0.15, 0.2) is 46.9 Å². The number of nitrogens with zero attached hydrogens (tertiary/aromatic N) is 3. The molecular weight excluding hydrogens is 295 g/mol. The van der Waals surface area contributed by atoms with E-state index >= 15 is 0 Å². The van der Waals surface area contributed by atoms with Crippen molar-refractivity contribution in [2.24, 2.45) is 5.10 Å². The van der Waals surface area contributed by atoms with Crippen LogP contribution in [0.3, 0.4) is 0 Å². The van der Waals surface area contributed by atoms with E-state index in [1.807, 2.05) is 17.5 Å². The first-order chi connectivity index (χ1) is 9.75. The molecule has 0 amide bonds. The lowest BCUT2D eigenvalue weighted by atomic mass is 10.2. The Morgan fingerprint density at radius 3 is 2.90 bits per heavy atom. The van der Waals surface area contributed by atoms with Crippen molar-refractivity contribution in [3.63, 3.8) is 0 Å². The van der Waals surface area contributed by atoms with Gasteiger partial charge in [-0.1, -0.05) is 18.2 Å². The average Bonchev–Trinajstić information content (AvgIpc) is 3.07. The zero-order valence-corrected chi connectivity index (χ0v) is 11.8. The Kier molecular flexibility index (Phi) is 3.53. The van der Waals surface area contributed by atoms with E-state index in [4.69, 9.17) is 12.2 Å². The van der Waals surface area contributed by atoms with Gasteiger partial charge in [0.15, 0.2) is 5.82 Å². The van der Waals surface area contributed by atoms with Crippen molar-refractivity contribution in [3.05, 3.63) is 57.2 Å². The number of H-pyrrole nitrogens is 1. The summed E-state index contributed by atoms with van der Waals surface area (Å²) in [6.45, 7) is 0. The molecule has 1 aromatic carbocycles. The third-order valence-electron chi connectivity index (χ3n) is 2.61. The molecule has 100 valence electrons. The molecule has 0 unspecified atom stereocenters. The van der Waals surface area contributed by atoms with Crippen LogP contribution in [0.25, 0.3) is 11.4 Å². The molecule has 2 aromatic heterocycles. The van der Waals surface area contributed by atoms with Crippen LogP contribution in [0.1, 0.15) is 4.88 Å². The van der Waals surface area contributed by atoms with Crippen LogP contribution < -0.4 is 0 Å². The maximum atomic E-state index is 13.8. The molecule has 0 saturated heterocycles. The van der Waals surface area contributed by atoms with Crippen molar-refractivity contribution in [1.82, 2.24) is 14.9 Å². The Hall–Kier alpha value is -2.12. The molecule has 0 radical (unpaired) electrons. The van der Waals surface area contributed by atoms with Gasteiger partial charge in [-0.3, -0.25) is 0 Å².